The Bertz CT molecular complexity index is 1110. The maximum Gasteiger partial charge on any atom is 0.326 e. The van der Waals surface area contributed by atoms with Gasteiger partial charge in [0.15, 0.2) is 9.84 Å². The zero-order chi connectivity index (χ0) is 20.1. The number of pyridine rings is 1. The molecule has 0 aliphatic carbocycles. The molecule has 1 amide bonds. The van der Waals surface area contributed by atoms with E-state index in [4.69, 9.17) is 0 Å². The van der Waals surface area contributed by atoms with Gasteiger partial charge in [0.25, 0.3) is 5.91 Å². The van der Waals surface area contributed by atoms with E-state index >= 15 is 0 Å². The van der Waals surface area contributed by atoms with E-state index in [1.165, 1.54) is 18.2 Å². The average molecular weight is 398 g/mol. The van der Waals surface area contributed by atoms with Crippen LogP contribution in [0.25, 0.3) is 10.9 Å². The molecule has 2 aromatic carbocycles. The summed E-state index contributed by atoms with van der Waals surface area (Å²) in [6.45, 7) is 0. The van der Waals surface area contributed by atoms with Gasteiger partial charge in [-0.15, -0.1) is 0 Å². The minimum Gasteiger partial charge on any atom is -0.480 e. The van der Waals surface area contributed by atoms with Crippen molar-refractivity contribution in [2.45, 2.75) is 17.4 Å². The molecular weight excluding hydrogens is 380 g/mol. The molecule has 144 valence electrons. The molecule has 1 atom stereocenters. The Morgan fingerprint density at radius 2 is 1.64 bits per heavy atom. The Hall–Kier alpha value is -3.26. The fourth-order valence-electron chi connectivity index (χ4n) is 2.70. The van der Waals surface area contributed by atoms with E-state index in [1.807, 2.05) is 12.1 Å². The first-order chi connectivity index (χ1) is 13.4. The molecule has 0 aliphatic rings. The van der Waals surface area contributed by atoms with E-state index in [0.29, 0.717) is 5.52 Å². The molecule has 0 fully saturated rings. The first-order valence-electron chi connectivity index (χ1n) is 8.54. The maximum absolute atomic E-state index is 12.4. The molecule has 8 heteroatoms. The second-order valence-corrected chi connectivity index (χ2v) is 8.28. The molecule has 1 aromatic heterocycles. The number of hydrogen-bond acceptors (Lipinski definition) is 5. The van der Waals surface area contributed by atoms with Crippen LogP contribution in [0.1, 0.15) is 16.9 Å². The van der Waals surface area contributed by atoms with E-state index in [1.54, 1.807) is 36.4 Å². The lowest BCUT2D eigenvalue weighted by molar-refractivity contribution is -0.139. The van der Waals surface area contributed by atoms with E-state index in [2.05, 4.69) is 10.3 Å². The van der Waals surface area contributed by atoms with Crippen molar-refractivity contribution in [3.63, 3.8) is 0 Å². The molecule has 0 spiro atoms. The lowest BCUT2D eigenvalue weighted by atomic mass is 10.2. The van der Waals surface area contributed by atoms with E-state index in [-0.39, 0.29) is 17.0 Å². The SMILES string of the molecule is O=C(N[C@@H](CCS(=O)(=O)c1ccccc1)C(=O)O)c1ccc2ccccc2n1. The number of carbonyl (C=O) groups excluding carboxylic acids is 1. The molecule has 3 rings (SSSR count). The minimum atomic E-state index is -3.65. The van der Waals surface area contributed by atoms with Crippen molar-refractivity contribution < 1.29 is 23.1 Å². The van der Waals surface area contributed by atoms with Gasteiger partial charge >= 0.3 is 5.97 Å². The van der Waals surface area contributed by atoms with Gasteiger partial charge in [-0.25, -0.2) is 18.2 Å². The van der Waals surface area contributed by atoms with Crippen LogP contribution in [0.4, 0.5) is 0 Å². The molecule has 0 bridgehead atoms. The number of benzene rings is 2. The summed E-state index contributed by atoms with van der Waals surface area (Å²) in [7, 11) is -3.65. The number of nitrogens with zero attached hydrogens (tertiary/aromatic N) is 1. The second-order valence-electron chi connectivity index (χ2n) is 6.17. The van der Waals surface area contributed by atoms with Gasteiger partial charge in [-0.1, -0.05) is 42.5 Å². The highest BCUT2D eigenvalue weighted by atomic mass is 32.2. The number of amides is 1. The summed E-state index contributed by atoms with van der Waals surface area (Å²) < 4.78 is 24.7. The number of hydrogen-bond donors (Lipinski definition) is 2. The number of para-hydroxylation sites is 1. The number of nitrogens with one attached hydrogen (secondary N) is 1. The van der Waals surface area contributed by atoms with Gasteiger partial charge in [0.2, 0.25) is 0 Å². The summed E-state index contributed by atoms with van der Waals surface area (Å²) in [5, 5.41) is 12.6. The Labute approximate surface area is 162 Å². The Kier molecular flexibility index (Phi) is 5.70. The molecule has 2 N–H and O–H groups in total. The largest absolute Gasteiger partial charge is 0.480 e. The highest BCUT2D eigenvalue weighted by Crippen LogP contribution is 2.14. The molecule has 0 unspecified atom stereocenters. The molecular formula is C20H18N2O5S. The van der Waals surface area contributed by atoms with E-state index < -0.39 is 33.5 Å². The number of fused-ring (bicyclic) bond motifs is 1. The van der Waals surface area contributed by atoms with Crippen molar-refractivity contribution in [1.82, 2.24) is 10.3 Å². The van der Waals surface area contributed by atoms with E-state index in [0.717, 1.165) is 5.39 Å². The van der Waals surface area contributed by atoms with Crippen LogP contribution in [0.2, 0.25) is 0 Å². The van der Waals surface area contributed by atoms with Gasteiger partial charge in [0.05, 0.1) is 16.2 Å². The van der Waals surface area contributed by atoms with Crippen molar-refractivity contribution >= 4 is 32.6 Å². The standard InChI is InChI=1S/C20H18N2O5S/c23-19(17-11-10-14-6-4-5-9-16(14)21-17)22-18(20(24)25)12-13-28(26,27)15-7-2-1-3-8-15/h1-11,18H,12-13H2,(H,22,23)(H,24,25)/t18-/m0/s1. The van der Waals surface area contributed by atoms with Gasteiger partial charge in [-0.2, -0.15) is 0 Å². The topological polar surface area (TPSA) is 113 Å². The molecule has 28 heavy (non-hydrogen) atoms. The molecule has 0 radical (unpaired) electrons. The van der Waals surface area contributed by atoms with Crippen LogP contribution in [0, 0.1) is 0 Å². The van der Waals surface area contributed by atoms with Crippen molar-refractivity contribution in [3.8, 4) is 0 Å². The highest BCUT2D eigenvalue weighted by Gasteiger charge is 2.25. The van der Waals surface area contributed by atoms with Crippen molar-refractivity contribution in [3.05, 3.63) is 72.4 Å². The monoisotopic (exact) mass is 398 g/mol. The van der Waals surface area contributed by atoms with Gasteiger partial charge in [0.1, 0.15) is 11.7 Å². The quantitative estimate of drug-likeness (QED) is 0.631. The highest BCUT2D eigenvalue weighted by molar-refractivity contribution is 7.91. The number of aliphatic carboxylic acids is 1. The first kappa shape index (κ1) is 19.5. The molecule has 3 aromatic rings. The summed E-state index contributed by atoms with van der Waals surface area (Å²) in [4.78, 5) is 28.2. The maximum atomic E-state index is 12.4. The van der Waals surface area contributed by atoms with E-state index in [9.17, 15) is 23.1 Å². The normalized spacial score (nSPS) is 12.4. The van der Waals surface area contributed by atoms with Crippen molar-refractivity contribution in [2.75, 3.05) is 5.75 Å². The van der Waals surface area contributed by atoms with Crippen LogP contribution < -0.4 is 5.32 Å². The predicted octanol–water partition coefficient (Wildman–Crippen LogP) is 2.28. The number of rotatable bonds is 7. The van der Waals surface area contributed by atoms with Crippen molar-refractivity contribution in [1.29, 1.82) is 0 Å². The minimum absolute atomic E-state index is 0.0656. The fraction of sp³-hybridized carbons (Fsp3) is 0.150. The van der Waals surface area contributed by atoms with Crippen molar-refractivity contribution in [2.24, 2.45) is 0 Å². The van der Waals surface area contributed by atoms with Crippen LogP contribution in [0.15, 0.2) is 71.6 Å². The Morgan fingerprint density at radius 1 is 0.964 bits per heavy atom. The third kappa shape index (κ3) is 4.52. The molecule has 0 saturated heterocycles. The summed E-state index contributed by atoms with van der Waals surface area (Å²) in [5.41, 5.74) is 0.671. The molecule has 1 heterocycles. The van der Waals surface area contributed by atoms with Crippen LogP contribution in [-0.2, 0) is 14.6 Å². The Balaban J connectivity index is 1.71. The number of carboxylic acids is 1. The lowest BCUT2D eigenvalue weighted by Gasteiger charge is -2.14. The third-order valence-corrected chi connectivity index (χ3v) is 5.98. The number of carboxylic acid groups (broad SMARTS) is 1. The van der Waals surface area contributed by atoms with Crippen LogP contribution in [-0.4, -0.2) is 42.2 Å². The van der Waals surface area contributed by atoms with Gasteiger partial charge in [-0.3, -0.25) is 4.79 Å². The summed E-state index contributed by atoms with van der Waals surface area (Å²) >= 11 is 0. The fourth-order valence-corrected chi connectivity index (χ4v) is 4.05. The summed E-state index contributed by atoms with van der Waals surface area (Å²) in [6.07, 6.45) is -0.258. The van der Waals surface area contributed by atoms with Crippen LogP contribution >= 0.6 is 0 Å². The number of aromatic nitrogens is 1. The van der Waals surface area contributed by atoms with Gasteiger partial charge in [-0.05, 0) is 30.7 Å². The zero-order valence-corrected chi connectivity index (χ0v) is 15.6. The summed E-state index contributed by atoms with van der Waals surface area (Å²) in [6, 6.07) is 16.9. The van der Waals surface area contributed by atoms with Crippen LogP contribution in [0.5, 0.6) is 0 Å². The summed E-state index contributed by atoms with van der Waals surface area (Å²) in [5.74, 6) is -2.38. The predicted molar refractivity (Wildman–Crippen MR) is 104 cm³/mol. The number of sulfone groups is 1. The molecule has 0 aliphatic heterocycles. The molecule has 0 saturated carbocycles. The Morgan fingerprint density at radius 3 is 2.36 bits per heavy atom. The molecule has 7 nitrogen and oxygen atoms in total. The van der Waals surface area contributed by atoms with Gasteiger partial charge in [0, 0.05) is 5.39 Å². The zero-order valence-electron chi connectivity index (χ0n) is 14.8. The average Bonchev–Trinajstić information content (AvgIpc) is 2.71. The smallest absolute Gasteiger partial charge is 0.326 e. The van der Waals surface area contributed by atoms with Gasteiger partial charge < -0.3 is 10.4 Å². The second kappa shape index (κ2) is 8.18. The lowest BCUT2D eigenvalue weighted by Crippen LogP contribution is -2.42. The van der Waals surface area contributed by atoms with Crippen LogP contribution in [0.3, 0.4) is 0 Å². The number of carbonyl (C=O) groups is 2. The first-order valence-corrected chi connectivity index (χ1v) is 10.2. The third-order valence-electron chi connectivity index (χ3n) is 4.21.